The van der Waals surface area contributed by atoms with E-state index in [2.05, 4.69) is 15.6 Å². The summed E-state index contributed by atoms with van der Waals surface area (Å²) in [5, 5.41) is 24.3. The fourth-order valence-electron chi connectivity index (χ4n) is 3.18. The zero-order chi connectivity index (χ0) is 23.7. The number of benzene rings is 1. The summed E-state index contributed by atoms with van der Waals surface area (Å²) in [6.07, 6.45) is 3.38. The molecule has 174 valence electrons. The summed E-state index contributed by atoms with van der Waals surface area (Å²) < 4.78 is 0. The number of aliphatic carboxylic acids is 2. The smallest absolute Gasteiger partial charge is 0.326 e. The zero-order valence-electron chi connectivity index (χ0n) is 17.7. The van der Waals surface area contributed by atoms with E-state index in [-0.39, 0.29) is 19.3 Å². The minimum atomic E-state index is -1.27. The molecule has 1 aromatic carbocycles. The van der Waals surface area contributed by atoms with Gasteiger partial charge >= 0.3 is 11.9 Å². The van der Waals surface area contributed by atoms with Crippen LogP contribution < -0.4 is 16.4 Å². The van der Waals surface area contributed by atoms with Crippen molar-refractivity contribution in [2.24, 2.45) is 5.73 Å². The van der Waals surface area contributed by atoms with E-state index in [9.17, 15) is 24.3 Å². The molecule has 10 nitrogen and oxygen atoms in total. The van der Waals surface area contributed by atoms with Gasteiger partial charge in [-0.3, -0.25) is 14.4 Å². The number of thioether (sulfide) groups is 1. The summed E-state index contributed by atoms with van der Waals surface area (Å²) in [5.41, 5.74) is 7.37. The van der Waals surface area contributed by atoms with Crippen LogP contribution in [0.3, 0.4) is 0 Å². The number of fused-ring (bicyclic) bond motifs is 1. The van der Waals surface area contributed by atoms with Crippen molar-refractivity contribution < 1.29 is 29.4 Å². The van der Waals surface area contributed by atoms with Crippen LogP contribution in [-0.2, 0) is 25.6 Å². The molecule has 0 spiro atoms. The summed E-state index contributed by atoms with van der Waals surface area (Å²) in [4.78, 5) is 51.0. The van der Waals surface area contributed by atoms with E-state index in [1.54, 1.807) is 6.20 Å². The van der Waals surface area contributed by atoms with E-state index >= 15 is 0 Å². The lowest BCUT2D eigenvalue weighted by molar-refractivity contribution is -0.143. The summed E-state index contributed by atoms with van der Waals surface area (Å²) in [6, 6.07) is 4.02. The van der Waals surface area contributed by atoms with Crippen LogP contribution in [0.2, 0.25) is 0 Å². The molecule has 0 bridgehead atoms. The van der Waals surface area contributed by atoms with Crippen molar-refractivity contribution in [2.45, 2.75) is 43.8 Å². The second-order valence-corrected chi connectivity index (χ2v) is 8.33. The number of carbonyl (C=O) groups excluding carboxylic acids is 2. The van der Waals surface area contributed by atoms with E-state index in [4.69, 9.17) is 10.8 Å². The lowest BCUT2D eigenvalue weighted by Gasteiger charge is -2.22. The number of carboxylic acids is 2. The second-order valence-electron chi connectivity index (χ2n) is 7.34. The third-order valence-corrected chi connectivity index (χ3v) is 5.61. The number of hydrogen-bond acceptors (Lipinski definition) is 6. The first-order valence-corrected chi connectivity index (χ1v) is 11.5. The molecule has 2 rings (SSSR count). The first kappa shape index (κ1) is 25.2. The van der Waals surface area contributed by atoms with Gasteiger partial charge in [-0.05, 0) is 36.5 Å². The number of aromatic nitrogens is 1. The van der Waals surface area contributed by atoms with Gasteiger partial charge in [0.2, 0.25) is 11.8 Å². The molecule has 32 heavy (non-hydrogen) atoms. The van der Waals surface area contributed by atoms with Gasteiger partial charge in [-0.1, -0.05) is 18.2 Å². The predicted molar refractivity (Wildman–Crippen MR) is 121 cm³/mol. The molecule has 0 aliphatic rings. The van der Waals surface area contributed by atoms with Gasteiger partial charge in [-0.15, -0.1) is 0 Å². The lowest BCUT2D eigenvalue weighted by Crippen LogP contribution is -2.55. The maximum Gasteiger partial charge on any atom is 0.326 e. The first-order valence-electron chi connectivity index (χ1n) is 10.1. The topological polar surface area (TPSA) is 175 Å². The number of aromatic amines is 1. The molecule has 0 saturated carbocycles. The van der Waals surface area contributed by atoms with Crippen LogP contribution in [0, 0.1) is 0 Å². The van der Waals surface area contributed by atoms with Crippen molar-refractivity contribution >= 4 is 46.4 Å². The maximum absolute atomic E-state index is 12.8. The van der Waals surface area contributed by atoms with E-state index in [0.29, 0.717) is 17.7 Å². The fourth-order valence-corrected chi connectivity index (χ4v) is 3.67. The Bertz CT molecular complexity index is 963. The summed E-state index contributed by atoms with van der Waals surface area (Å²) >= 11 is 1.52. The molecule has 3 atom stereocenters. The molecule has 1 heterocycles. The second kappa shape index (κ2) is 12.1. The van der Waals surface area contributed by atoms with E-state index < -0.39 is 41.9 Å². The molecule has 0 aliphatic carbocycles. The third kappa shape index (κ3) is 7.27. The van der Waals surface area contributed by atoms with Gasteiger partial charge in [0.25, 0.3) is 0 Å². The van der Waals surface area contributed by atoms with Crippen molar-refractivity contribution in [1.82, 2.24) is 15.6 Å². The maximum atomic E-state index is 12.8. The number of carboxylic acid groups (broad SMARTS) is 2. The molecular formula is C21H28N4O6S. The minimum Gasteiger partial charge on any atom is -0.481 e. The van der Waals surface area contributed by atoms with Crippen molar-refractivity contribution in [3.63, 3.8) is 0 Å². The van der Waals surface area contributed by atoms with Crippen LogP contribution in [0.1, 0.15) is 24.8 Å². The van der Waals surface area contributed by atoms with Crippen LogP contribution >= 0.6 is 11.8 Å². The van der Waals surface area contributed by atoms with Crippen LogP contribution in [0.4, 0.5) is 0 Å². The molecule has 0 fully saturated rings. The van der Waals surface area contributed by atoms with Crippen LogP contribution in [-0.4, -0.2) is 69.1 Å². The Kier molecular flexibility index (Phi) is 9.54. The Labute approximate surface area is 189 Å². The quantitative estimate of drug-likeness (QED) is 0.251. The van der Waals surface area contributed by atoms with Crippen molar-refractivity contribution in [2.75, 3.05) is 12.0 Å². The molecule has 2 aromatic rings. The number of amides is 2. The number of rotatable bonds is 13. The molecular weight excluding hydrogens is 436 g/mol. The highest BCUT2D eigenvalue weighted by atomic mass is 32.2. The van der Waals surface area contributed by atoms with Gasteiger partial charge in [0.05, 0.1) is 6.04 Å². The number of H-pyrrole nitrogens is 1. The molecule has 11 heteroatoms. The monoisotopic (exact) mass is 464 g/mol. The molecule has 1 aromatic heterocycles. The van der Waals surface area contributed by atoms with Gasteiger partial charge in [-0.25, -0.2) is 4.79 Å². The van der Waals surface area contributed by atoms with Crippen molar-refractivity contribution in [3.8, 4) is 0 Å². The average Bonchev–Trinajstić information content (AvgIpc) is 3.16. The van der Waals surface area contributed by atoms with Crippen LogP contribution in [0.15, 0.2) is 30.5 Å². The fraction of sp³-hybridized carbons (Fsp3) is 0.429. The van der Waals surface area contributed by atoms with Gasteiger partial charge in [0.15, 0.2) is 0 Å². The SMILES string of the molecule is CSCC[C@H](N)C(=O)N[C@@H](CCC(=O)O)C(=O)N[C@@H](Cc1c[nH]c2ccccc12)C(=O)O. The first-order chi connectivity index (χ1) is 15.2. The minimum absolute atomic E-state index is 0.0118. The number of hydrogen-bond donors (Lipinski definition) is 6. The van der Waals surface area contributed by atoms with Gasteiger partial charge < -0.3 is 31.6 Å². The Balaban J connectivity index is 2.12. The molecule has 7 N–H and O–H groups in total. The molecule has 0 unspecified atom stereocenters. The molecule has 0 radical (unpaired) electrons. The average molecular weight is 465 g/mol. The Hall–Kier alpha value is -3.05. The summed E-state index contributed by atoms with van der Waals surface area (Å²) in [5.74, 6) is -3.11. The Morgan fingerprint density at radius 2 is 1.75 bits per heavy atom. The standard InChI is InChI=1S/C21H28N4O6S/c1-32-9-8-14(22)19(28)24-16(6-7-18(26)27)20(29)25-17(21(30)31)10-12-11-23-15-5-3-2-4-13(12)15/h2-5,11,14,16-17,23H,6-10,22H2,1H3,(H,24,28)(H,25,29)(H,26,27)(H,30,31)/t14-,16-,17-/m0/s1. The highest BCUT2D eigenvalue weighted by Gasteiger charge is 2.29. The van der Waals surface area contributed by atoms with E-state index in [0.717, 1.165) is 10.9 Å². The van der Waals surface area contributed by atoms with Gasteiger partial charge in [0.1, 0.15) is 12.1 Å². The highest BCUT2D eigenvalue weighted by molar-refractivity contribution is 7.98. The number of carbonyl (C=O) groups is 4. The predicted octanol–water partition coefficient (Wildman–Crippen LogP) is 0.710. The Morgan fingerprint density at radius 1 is 1.06 bits per heavy atom. The number of para-hydroxylation sites is 1. The molecule has 0 saturated heterocycles. The van der Waals surface area contributed by atoms with Crippen molar-refractivity contribution in [3.05, 3.63) is 36.0 Å². The summed E-state index contributed by atoms with van der Waals surface area (Å²) in [6.45, 7) is 0. The normalized spacial score (nSPS) is 13.8. The van der Waals surface area contributed by atoms with E-state index in [1.165, 1.54) is 11.8 Å². The Morgan fingerprint density at radius 3 is 2.41 bits per heavy atom. The number of nitrogens with two attached hydrogens (primary N) is 1. The highest BCUT2D eigenvalue weighted by Crippen LogP contribution is 2.19. The molecule has 0 aliphatic heterocycles. The van der Waals surface area contributed by atoms with Crippen LogP contribution in [0.25, 0.3) is 10.9 Å². The van der Waals surface area contributed by atoms with E-state index in [1.807, 2.05) is 30.5 Å². The van der Waals surface area contributed by atoms with Crippen LogP contribution in [0.5, 0.6) is 0 Å². The molecule has 2 amide bonds. The van der Waals surface area contributed by atoms with Gasteiger partial charge in [-0.2, -0.15) is 11.8 Å². The lowest BCUT2D eigenvalue weighted by atomic mass is 10.0. The largest absolute Gasteiger partial charge is 0.481 e. The summed E-state index contributed by atoms with van der Waals surface area (Å²) in [7, 11) is 0. The van der Waals surface area contributed by atoms with Gasteiger partial charge in [0, 0.05) is 29.9 Å². The third-order valence-electron chi connectivity index (χ3n) is 4.96. The number of nitrogens with one attached hydrogen (secondary N) is 3. The van der Waals surface area contributed by atoms with Crippen molar-refractivity contribution in [1.29, 1.82) is 0 Å². The zero-order valence-corrected chi connectivity index (χ0v) is 18.5.